The number of aromatic nitrogens is 11. The van der Waals surface area contributed by atoms with Crippen molar-refractivity contribution in [3.8, 4) is 0 Å². The van der Waals surface area contributed by atoms with Gasteiger partial charge in [-0.15, -0.1) is 0 Å². The zero-order valence-corrected chi connectivity index (χ0v) is 66.8. The summed E-state index contributed by atoms with van der Waals surface area (Å²) in [4.78, 5) is 31.1. The van der Waals surface area contributed by atoms with Gasteiger partial charge in [-0.25, -0.2) is 15.0 Å². The van der Waals surface area contributed by atoms with Crippen LogP contribution in [0.3, 0.4) is 0 Å². The summed E-state index contributed by atoms with van der Waals surface area (Å²) in [5.74, 6) is 7.34. The second kappa shape index (κ2) is 22.1. The fourth-order valence-electron chi connectivity index (χ4n) is 24.9. The van der Waals surface area contributed by atoms with Crippen LogP contribution in [0.5, 0.6) is 0 Å². The lowest BCUT2D eigenvalue weighted by Gasteiger charge is -2.63. The predicted octanol–water partition coefficient (Wildman–Crippen LogP) is 20.0. The van der Waals surface area contributed by atoms with Gasteiger partial charge in [-0.1, -0.05) is 141 Å². The number of anilines is 4. The third-order valence-corrected chi connectivity index (χ3v) is 31.4. The monoisotopic (exact) mass is 1420 g/mol. The molecule has 16 nitrogen and oxygen atoms in total. The number of fused-ring (bicyclic) bond motifs is 21. The molecule has 6 unspecified atom stereocenters. The van der Waals surface area contributed by atoms with E-state index in [4.69, 9.17) is 24.4 Å². The molecule has 552 valence electrons. The van der Waals surface area contributed by atoms with Crippen LogP contribution in [0.2, 0.25) is 0 Å². The number of hydrogen-bond acceptors (Lipinski definition) is 9. The van der Waals surface area contributed by atoms with Crippen LogP contribution in [0.4, 0.5) is 22.7 Å². The summed E-state index contributed by atoms with van der Waals surface area (Å²) in [5, 5.41) is 0. The van der Waals surface area contributed by atoms with Crippen LogP contribution in [-0.4, -0.2) is 51.2 Å². The molecule has 2 spiro atoms. The Bertz CT molecular complexity index is 5370. The summed E-state index contributed by atoms with van der Waals surface area (Å²) >= 11 is 0. The van der Waals surface area contributed by atoms with Crippen molar-refractivity contribution in [3.63, 3.8) is 0 Å². The van der Waals surface area contributed by atoms with E-state index in [0.29, 0.717) is 6.04 Å². The van der Waals surface area contributed by atoms with Crippen molar-refractivity contribution in [1.82, 2.24) is 51.2 Å². The average Bonchev–Trinajstić information content (AvgIpc) is 1.51. The van der Waals surface area contributed by atoms with E-state index >= 15 is 0 Å². The minimum Gasteiger partial charge on any atom is -0.432 e. The molecule has 6 aliphatic heterocycles. The van der Waals surface area contributed by atoms with Gasteiger partial charge in [-0.2, -0.15) is 4.98 Å². The van der Waals surface area contributed by atoms with E-state index in [9.17, 15) is 0 Å². The molecule has 0 N–H and O–H groups in total. The van der Waals surface area contributed by atoms with Crippen LogP contribution in [0.1, 0.15) is 258 Å². The standard InChI is InChI=1S/C25H30N4.2C23H30N4.C19H21N3O/c1-15-6-4-5-7-21(15)29-16(2)22-23(28-9-8-27(3)24(28)26-22)25(29)19-11-17-10-18(13-19)14-20(25)12-17;2*1-14-10-9-11-16-18(14)27-15(2)17-19(26-13-12-25(8)20(26)24-17)23(27,7)22(5,6)21(16,3)4;1-13-7-3-4-8-15(13)22-14(2)16-17(19(22)9-5-6-10-19)21-11-12-23-18(21)20-16/h4-9,16-20H,10-14H2,1-3H3;2*9-13,15H,1-8H3;3-4,7-8,11-12,14H,5-6,9-10H2,1-2H3. The maximum absolute atomic E-state index is 5.56. The number of hydrogen-bond donors (Lipinski definition) is 0. The molecule has 4 aromatic carbocycles. The van der Waals surface area contributed by atoms with Crippen LogP contribution in [0, 0.1) is 62.2 Å². The number of nitrogens with zero attached hydrogens (tertiary/aromatic N) is 15. The summed E-state index contributed by atoms with van der Waals surface area (Å²) < 4.78 is 21.3. The van der Waals surface area contributed by atoms with Crippen molar-refractivity contribution >= 4 is 45.9 Å². The highest BCUT2D eigenvalue weighted by Crippen LogP contribution is 2.72. The van der Waals surface area contributed by atoms with Crippen molar-refractivity contribution in [2.24, 2.45) is 55.6 Å². The minimum absolute atomic E-state index is 0.00606. The topological polar surface area (TPSA) is 110 Å². The summed E-state index contributed by atoms with van der Waals surface area (Å²) in [5.41, 5.74) is 24.4. The molecule has 23 rings (SSSR count). The fraction of sp³-hybridized carbons (Fsp3) is 0.511. The molecule has 0 amide bonds. The Hall–Kier alpha value is -8.92. The van der Waals surface area contributed by atoms with E-state index in [-0.39, 0.29) is 61.9 Å². The first kappa shape index (κ1) is 67.7. The number of aryl methyl sites for hydroxylation is 7. The molecule has 16 heteroatoms. The van der Waals surface area contributed by atoms with Gasteiger partial charge in [0.05, 0.1) is 91.9 Å². The zero-order valence-electron chi connectivity index (χ0n) is 66.8. The van der Waals surface area contributed by atoms with E-state index in [1.54, 1.807) is 6.26 Å². The lowest BCUT2D eigenvalue weighted by molar-refractivity contribution is -0.0623. The third kappa shape index (κ3) is 8.06. The molecule has 12 aromatic rings. The highest BCUT2D eigenvalue weighted by atomic mass is 16.3. The molecule has 8 aromatic heterocycles. The Labute approximate surface area is 626 Å². The van der Waals surface area contributed by atoms with Gasteiger partial charge in [0.1, 0.15) is 6.26 Å². The van der Waals surface area contributed by atoms with Crippen molar-refractivity contribution in [3.05, 3.63) is 214 Å². The average molecular weight is 1420 g/mol. The van der Waals surface area contributed by atoms with Crippen molar-refractivity contribution < 1.29 is 4.42 Å². The van der Waals surface area contributed by atoms with Crippen molar-refractivity contribution in [2.75, 3.05) is 19.6 Å². The first-order valence-corrected chi connectivity index (χ1v) is 40.0. The van der Waals surface area contributed by atoms with Crippen LogP contribution in [0.15, 0.2) is 139 Å². The Kier molecular flexibility index (Phi) is 14.1. The van der Waals surface area contributed by atoms with Gasteiger partial charge in [0.25, 0.3) is 0 Å². The predicted molar refractivity (Wildman–Crippen MR) is 425 cm³/mol. The van der Waals surface area contributed by atoms with Gasteiger partial charge in [0.2, 0.25) is 17.3 Å². The summed E-state index contributed by atoms with van der Waals surface area (Å²) in [6, 6.07) is 32.5. The lowest BCUT2D eigenvalue weighted by Crippen LogP contribution is -2.62. The number of imidazole rings is 7. The molecule has 11 aliphatic rings. The second-order valence-electron chi connectivity index (χ2n) is 36.9. The smallest absolute Gasteiger partial charge is 0.306 e. The van der Waals surface area contributed by atoms with Gasteiger partial charge >= 0.3 is 5.84 Å². The number of oxazole rings is 1. The Morgan fingerprint density at radius 2 is 0.774 bits per heavy atom. The highest BCUT2D eigenvalue weighted by molar-refractivity contribution is 5.75. The fourth-order valence-corrected chi connectivity index (χ4v) is 24.9. The maximum Gasteiger partial charge on any atom is 0.306 e. The largest absolute Gasteiger partial charge is 0.432 e. The molecule has 106 heavy (non-hydrogen) atoms. The van der Waals surface area contributed by atoms with Gasteiger partial charge in [0.15, 0.2) is 0 Å². The van der Waals surface area contributed by atoms with E-state index < -0.39 is 0 Å². The Balaban J connectivity index is 0.0000000970. The Morgan fingerprint density at radius 3 is 1.23 bits per heavy atom. The Morgan fingerprint density at radius 1 is 0.387 bits per heavy atom. The lowest BCUT2D eigenvalue weighted by atomic mass is 9.47. The number of benzene rings is 4. The number of para-hydroxylation sites is 4. The molecule has 0 saturated heterocycles. The quantitative estimate of drug-likeness (QED) is 0.167. The molecular formula is C90H111N15O. The molecule has 14 heterocycles. The van der Waals surface area contributed by atoms with E-state index in [0.717, 1.165) is 46.8 Å². The first-order valence-electron chi connectivity index (χ1n) is 40.0. The summed E-state index contributed by atoms with van der Waals surface area (Å²) in [6.45, 7) is 42.6. The summed E-state index contributed by atoms with van der Waals surface area (Å²) in [6.07, 6.45) is 28.8. The maximum atomic E-state index is 5.56. The third-order valence-electron chi connectivity index (χ3n) is 31.4. The summed E-state index contributed by atoms with van der Waals surface area (Å²) in [7, 11) is 6.29. The van der Waals surface area contributed by atoms with Crippen LogP contribution in [0.25, 0.3) is 23.2 Å². The molecule has 4 bridgehead atoms. The second-order valence-corrected chi connectivity index (χ2v) is 36.9. The van der Waals surface area contributed by atoms with Crippen LogP contribution >= 0.6 is 0 Å². The molecule has 5 aliphatic carbocycles. The van der Waals surface area contributed by atoms with E-state index in [1.165, 1.54) is 159 Å². The highest BCUT2D eigenvalue weighted by Gasteiger charge is 2.70. The molecule has 0 radical (unpaired) electrons. The van der Waals surface area contributed by atoms with Crippen molar-refractivity contribution in [1.29, 1.82) is 0 Å². The van der Waals surface area contributed by atoms with Gasteiger partial charge in [-0.3, -0.25) is 17.6 Å². The minimum atomic E-state index is -0.148. The van der Waals surface area contributed by atoms with Gasteiger partial charge < -0.3 is 37.7 Å². The molecule has 5 saturated carbocycles. The van der Waals surface area contributed by atoms with E-state index in [2.05, 4.69) is 319 Å². The first-order chi connectivity index (χ1) is 50.4. The zero-order chi connectivity index (χ0) is 74.1. The molecular weight excluding hydrogens is 1310 g/mol. The van der Waals surface area contributed by atoms with Gasteiger partial charge in [0, 0.05) is 98.1 Å². The normalized spacial score (nSPS) is 29.1. The van der Waals surface area contributed by atoms with Gasteiger partial charge in [-0.05, 0) is 194 Å². The molecule has 6 atom stereocenters. The number of rotatable bonds is 2. The SMILES string of the molecule is Cc1cccc2c1N1C(C)c3nc4n(C)ccn4c3C1(C)C(C)(C)C2(C)C.Cc1cccc2c1N1C(C)c3nc4n(C)ccn4c3C1(C)C(C)(C)C2(C)C.Cc1ccccc1N1C(C)c2nc3n(C)ccn3c2C12C1CC3CC(C1)CC2C3.Cc1ccccc1N1C(C)c2nc3occn3c2C12CCCC2. The van der Waals surface area contributed by atoms with Crippen LogP contribution < -0.4 is 19.6 Å². The van der Waals surface area contributed by atoms with Crippen molar-refractivity contribution in [2.45, 2.75) is 240 Å². The van der Waals surface area contributed by atoms with E-state index in [1.807, 2.05) is 6.20 Å². The van der Waals surface area contributed by atoms with Crippen LogP contribution in [-0.2, 0) is 54.1 Å². The molecule has 5 fully saturated rings.